The first-order valence-electron chi connectivity index (χ1n) is 9.68. The number of rotatable bonds is 2. The zero-order chi connectivity index (χ0) is 18.7. The van der Waals surface area contributed by atoms with Gasteiger partial charge in [-0.25, -0.2) is 0 Å². The van der Waals surface area contributed by atoms with E-state index in [0.29, 0.717) is 13.2 Å². The van der Waals surface area contributed by atoms with Gasteiger partial charge in [0.15, 0.2) is 17.3 Å². The van der Waals surface area contributed by atoms with Crippen LogP contribution in [0, 0.1) is 0 Å². The van der Waals surface area contributed by atoms with E-state index < -0.39 is 5.79 Å². The number of benzene rings is 1. The average Bonchev–Trinajstić information content (AvgIpc) is 3.35. The van der Waals surface area contributed by atoms with Gasteiger partial charge in [-0.1, -0.05) is 22.0 Å². The molecule has 3 atom stereocenters. The Balaban J connectivity index is 1.54. The van der Waals surface area contributed by atoms with Crippen LogP contribution in [0.4, 0.5) is 0 Å². The summed E-state index contributed by atoms with van der Waals surface area (Å²) in [6.07, 6.45) is 2.59. The van der Waals surface area contributed by atoms with Crippen molar-refractivity contribution in [3.05, 3.63) is 23.8 Å². The lowest BCUT2D eigenvalue weighted by Gasteiger charge is -2.50. The number of nitrogens with one attached hydrogen (secondary N) is 1. The smallest absolute Gasteiger partial charge is 0.231 e. The third kappa shape index (κ3) is 2.90. The van der Waals surface area contributed by atoms with Gasteiger partial charge in [-0.15, -0.1) is 0 Å². The van der Waals surface area contributed by atoms with E-state index in [0.717, 1.165) is 37.3 Å². The van der Waals surface area contributed by atoms with Crippen LogP contribution in [0.3, 0.4) is 0 Å². The molecule has 5 rings (SSSR count). The number of halogens is 1. The maximum atomic E-state index is 6.49. The monoisotopic (exact) mass is 439 g/mol. The van der Waals surface area contributed by atoms with Gasteiger partial charge in [0, 0.05) is 29.6 Å². The highest BCUT2D eigenvalue weighted by Crippen LogP contribution is 2.54. The molecule has 2 saturated heterocycles. The average molecular weight is 440 g/mol. The maximum absolute atomic E-state index is 6.49. The Labute approximate surface area is 168 Å². The Morgan fingerprint density at radius 1 is 1.07 bits per heavy atom. The molecule has 0 unspecified atom stereocenters. The Bertz CT molecular complexity index is 735. The second-order valence-corrected chi connectivity index (χ2v) is 9.49. The third-order valence-corrected chi connectivity index (χ3v) is 7.56. The van der Waals surface area contributed by atoms with Crippen molar-refractivity contribution >= 4 is 15.9 Å². The van der Waals surface area contributed by atoms with Crippen molar-refractivity contribution < 1.29 is 23.7 Å². The summed E-state index contributed by atoms with van der Waals surface area (Å²) in [7, 11) is 0. The fourth-order valence-corrected chi connectivity index (χ4v) is 6.28. The highest BCUT2D eigenvalue weighted by molar-refractivity contribution is 9.09. The molecule has 6 nitrogen and oxygen atoms in total. The van der Waals surface area contributed by atoms with Gasteiger partial charge in [-0.05, 0) is 38.0 Å². The Kier molecular flexibility index (Phi) is 4.26. The van der Waals surface area contributed by atoms with Crippen LogP contribution in [0.1, 0.15) is 38.7 Å². The summed E-state index contributed by atoms with van der Waals surface area (Å²) in [5, 5.41) is 3.51. The van der Waals surface area contributed by atoms with Gasteiger partial charge in [-0.2, -0.15) is 0 Å². The van der Waals surface area contributed by atoms with Gasteiger partial charge in [0.1, 0.15) is 5.72 Å². The number of fused-ring (bicyclic) bond motifs is 1. The lowest BCUT2D eigenvalue weighted by atomic mass is 9.64. The van der Waals surface area contributed by atoms with Gasteiger partial charge >= 0.3 is 0 Å². The molecule has 0 bridgehead atoms. The van der Waals surface area contributed by atoms with Gasteiger partial charge in [-0.3, -0.25) is 5.32 Å². The molecule has 0 radical (unpaired) electrons. The fourth-order valence-electron chi connectivity index (χ4n) is 4.99. The van der Waals surface area contributed by atoms with Crippen molar-refractivity contribution in [2.45, 2.75) is 61.0 Å². The summed E-state index contributed by atoms with van der Waals surface area (Å²) in [4.78, 5) is 0.151. The summed E-state index contributed by atoms with van der Waals surface area (Å²) in [6.45, 7) is 6.59. The van der Waals surface area contributed by atoms with Gasteiger partial charge < -0.3 is 23.7 Å². The molecule has 1 saturated carbocycles. The highest BCUT2D eigenvalue weighted by Gasteiger charge is 2.58. The fraction of sp³-hybridized carbons (Fsp3) is 0.700. The van der Waals surface area contributed by atoms with Crippen LogP contribution in [-0.2, 0) is 19.6 Å². The number of hydrogen-bond acceptors (Lipinski definition) is 6. The minimum absolute atomic E-state index is 0.0380. The zero-order valence-electron chi connectivity index (χ0n) is 15.8. The normalized spacial score (nSPS) is 36.4. The first kappa shape index (κ1) is 18.2. The van der Waals surface area contributed by atoms with Crippen LogP contribution >= 0.6 is 15.9 Å². The maximum Gasteiger partial charge on any atom is 0.231 e. The summed E-state index contributed by atoms with van der Waals surface area (Å²) >= 11 is 4.02. The van der Waals surface area contributed by atoms with Crippen molar-refractivity contribution in [2.24, 2.45) is 0 Å². The Hall–Kier alpha value is -0.860. The molecule has 1 aromatic carbocycles. The van der Waals surface area contributed by atoms with Crippen molar-refractivity contribution in [2.75, 3.05) is 26.6 Å². The van der Waals surface area contributed by atoms with E-state index >= 15 is 0 Å². The molecule has 1 aromatic rings. The molecule has 0 amide bonds. The molecular weight excluding hydrogens is 414 g/mol. The quantitative estimate of drug-likeness (QED) is 0.714. The Morgan fingerprint density at radius 3 is 2.56 bits per heavy atom. The first-order chi connectivity index (χ1) is 12.9. The summed E-state index contributed by atoms with van der Waals surface area (Å²) in [6, 6.07) is 6.30. The second kappa shape index (κ2) is 6.32. The molecule has 4 aliphatic rings. The van der Waals surface area contributed by atoms with Gasteiger partial charge in [0.05, 0.1) is 19.3 Å². The standard InChI is InChI=1S/C20H26BrNO5/c1-18(2)22-11-17(27-18)20(13-3-4-14-15(9-13)24-12-23-14)6-5-19(10-16(20)21)25-7-8-26-19/h3-4,9,16-17,22H,5-8,10-12H2,1-2H3/t16-,17+,20-/m0/s1. The van der Waals surface area contributed by atoms with Crippen LogP contribution in [0.15, 0.2) is 18.2 Å². The van der Waals surface area contributed by atoms with Crippen LogP contribution < -0.4 is 14.8 Å². The van der Waals surface area contributed by atoms with Crippen LogP contribution in [-0.4, -0.2) is 49.0 Å². The van der Waals surface area contributed by atoms with Crippen molar-refractivity contribution in [3.63, 3.8) is 0 Å². The molecule has 3 heterocycles. The molecule has 0 aromatic heterocycles. The third-order valence-electron chi connectivity index (χ3n) is 6.42. The van der Waals surface area contributed by atoms with Gasteiger partial charge in [0.2, 0.25) is 6.79 Å². The van der Waals surface area contributed by atoms with Crippen molar-refractivity contribution in [1.82, 2.24) is 5.32 Å². The number of alkyl halides is 1. The van der Waals surface area contributed by atoms with Crippen LogP contribution in [0.2, 0.25) is 0 Å². The van der Waals surface area contributed by atoms with Crippen molar-refractivity contribution in [1.29, 1.82) is 0 Å². The molecule has 1 N–H and O–H groups in total. The van der Waals surface area contributed by atoms with E-state index in [2.05, 4.69) is 47.2 Å². The van der Waals surface area contributed by atoms with Crippen LogP contribution in [0.25, 0.3) is 0 Å². The topological polar surface area (TPSA) is 58.2 Å². The van der Waals surface area contributed by atoms with Gasteiger partial charge in [0.25, 0.3) is 0 Å². The molecule has 3 aliphatic heterocycles. The lowest BCUT2D eigenvalue weighted by molar-refractivity contribution is -0.191. The molecule has 148 valence electrons. The minimum atomic E-state index is -0.463. The van der Waals surface area contributed by atoms with E-state index in [-0.39, 0.29) is 28.9 Å². The number of hydrogen-bond donors (Lipinski definition) is 1. The van der Waals surface area contributed by atoms with E-state index in [4.69, 9.17) is 23.7 Å². The van der Waals surface area contributed by atoms with E-state index in [9.17, 15) is 0 Å². The highest BCUT2D eigenvalue weighted by atomic mass is 79.9. The summed E-state index contributed by atoms with van der Waals surface area (Å²) in [5.74, 6) is 1.15. The molecule has 1 aliphatic carbocycles. The van der Waals surface area contributed by atoms with E-state index in [1.807, 2.05) is 6.07 Å². The molecule has 3 fully saturated rings. The molecular formula is C20H26BrNO5. The number of ether oxygens (including phenoxy) is 5. The first-order valence-corrected chi connectivity index (χ1v) is 10.6. The van der Waals surface area contributed by atoms with E-state index in [1.165, 1.54) is 5.56 Å². The molecule has 7 heteroatoms. The molecule has 1 spiro atoms. The summed E-state index contributed by atoms with van der Waals surface area (Å²) < 4.78 is 29.7. The summed E-state index contributed by atoms with van der Waals surface area (Å²) in [5.41, 5.74) is 0.671. The molecule has 27 heavy (non-hydrogen) atoms. The SMILES string of the molecule is CC1(C)NC[C@H]([C@]2(c3ccc4c(c3)OCO4)CCC3(C[C@@H]2Br)OCCO3)O1. The van der Waals surface area contributed by atoms with E-state index in [1.54, 1.807) is 0 Å². The minimum Gasteiger partial charge on any atom is -0.454 e. The predicted molar refractivity (Wildman–Crippen MR) is 102 cm³/mol. The lowest BCUT2D eigenvalue weighted by Crippen LogP contribution is -2.56. The van der Waals surface area contributed by atoms with Crippen LogP contribution in [0.5, 0.6) is 11.5 Å². The van der Waals surface area contributed by atoms with Crippen molar-refractivity contribution in [3.8, 4) is 11.5 Å². The second-order valence-electron chi connectivity index (χ2n) is 8.39. The predicted octanol–water partition coefficient (Wildman–Crippen LogP) is 3.07. The largest absolute Gasteiger partial charge is 0.454 e. The Morgan fingerprint density at radius 2 is 1.85 bits per heavy atom. The zero-order valence-corrected chi connectivity index (χ0v) is 17.3.